The van der Waals surface area contributed by atoms with Crippen LogP contribution >= 0.6 is 11.3 Å². The van der Waals surface area contributed by atoms with E-state index in [-0.39, 0.29) is 43.5 Å². The molecule has 0 fully saturated rings. The maximum Gasteiger partial charge on any atom is 0.162 e. The fourth-order valence-corrected chi connectivity index (χ4v) is 7.22. The molecule has 0 saturated heterocycles. The Balaban J connectivity index is 0.000000259. The predicted molar refractivity (Wildman–Crippen MR) is 190 cm³/mol. The average molecular weight is 809 g/mol. The van der Waals surface area contributed by atoms with Crippen LogP contribution in [0.2, 0.25) is 0 Å². The molecule has 0 saturated carbocycles. The number of para-hydroxylation sites is 1. The molecule has 0 unspecified atom stereocenters. The number of carbonyl (C=O) groups excluding carboxylic acids is 1. The van der Waals surface area contributed by atoms with E-state index in [1.807, 2.05) is 52.1 Å². The molecule has 3 aromatic carbocycles. The van der Waals surface area contributed by atoms with Gasteiger partial charge in [-0.2, -0.15) is 0 Å². The second-order valence-corrected chi connectivity index (χ2v) is 12.8. The van der Waals surface area contributed by atoms with E-state index < -0.39 is 0 Å². The minimum atomic E-state index is 0. The first-order valence-electron chi connectivity index (χ1n) is 16.0. The SMILES string of the molecule is CCC(CC)C(=O)/C=C(\O)C(CC)CC.Cc1[c-]c(-c2nccc3c2sc2cc(-c4cc5ccccc5o4)ccc23)cc(C)c1.[Ir]. The van der Waals surface area contributed by atoms with E-state index in [4.69, 9.17) is 9.40 Å². The van der Waals surface area contributed by atoms with Crippen LogP contribution in [0.15, 0.2) is 89.2 Å². The van der Waals surface area contributed by atoms with Gasteiger partial charge >= 0.3 is 0 Å². The standard InChI is InChI=1S/C27H18NOS.C13H24O2.Ir/c1-16-11-17(2)13-20(12-16)26-27-22(9-10-28-26)21-8-7-19(15-25(21)30-27)24-14-18-5-3-4-6-23(18)29-24;1-5-10(6-2)12(14)9-13(15)11(7-3)8-4;/h3-12,14-15H,1-2H3;9-11,14H,5-8H2,1-4H3;/q-1;;/b;12-9-;. The Morgan fingerprint density at radius 3 is 2.30 bits per heavy atom. The van der Waals surface area contributed by atoms with Gasteiger partial charge in [-0.05, 0) is 60.7 Å². The summed E-state index contributed by atoms with van der Waals surface area (Å²) in [7, 11) is 0. The Hall–Kier alpha value is -3.57. The third kappa shape index (κ3) is 7.69. The van der Waals surface area contributed by atoms with Crippen LogP contribution in [0.1, 0.15) is 64.5 Å². The van der Waals surface area contributed by atoms with Crippen molar-refractivity contribution in [1.82, 2.24) is 4.98 Å². The van der Waals surface area contributed by atoms with Gasteiger partial charge in [-0.1, -0.05) is 71.9 Å². The van der Waals surface area contributed by atoms with E-state index in [2.05, 4.69) is 68.4 Å². The Morgan fingerprint density at radius 2 is 1.63 bits per heavy atom. The molecular weight excluding hydrogens is 767 g/mol. The van der Waals surface area contributed by atoms with Crippen molar-refractivity contribution in [3.63, 3.8) is 0 Å². The summed E-state index contributed by atoms with van der Waals surface area (Å²) in [5, 5.41) is 13.4. The Bertz CT molecular complexity index is 1920. The van der Waals surface area contributed by atoms with E-state index in [0.29, 0.717) is 0 Å². The Morgan fingerprint density at radius 1 is 0.913 bits per heavy atom. The molecule has 6 heteroatoms. The number of aliphatic hydroxyl groups excluding tert-OH is 1. The molecule has 0 bridgehead atoms. The number of allylic oxidation sites excluding steroid dienone is 2. The van der Waals surface area contributed by atoms with Crippen LogP contribution in [0.3, 0.4) is 0 Å². The zero-order chi connectivity index (χ0) is 32.1. The molecule has 0 aliphatic heterocycles. The van der Waals surface area contributed by atoms with Crippen LogP contribution in [-0.4, -0.2) is 15.9 Å². The first kappa shape index (κ1) is 35.3. The molecule has 1 N–H and O–H groups in total. The summed E-state index contributed by atoms with van der Waals surface area (Å²) in [5.74, 6) is 1.45. The minimum absolute atomic E-state index is 0. The van der Waals surface area contributed by atoms with Crippen LogP contribution in [0, 0.1) is 31.7 Å². The smallest absolute Gasteiger partial charge is 0.162 e. The van der Waals surface area contributed by atoms with Crippen molar-refractivity contribution in [3.05, 3.63) is 102 Å². The maximum absolute atomic E-state index is 11.7. The van der Waals surface area contributed by atoms with Gasteiger partial charge in [0.2, 0.25) is 0 Å². The summed E-state index contributed by atoms with van der Waals surface area (Å²) in [5.41, 5.74) is 6.44. The zero-order valence-corrected chi connectivity index (χ0v) is 30.7. The predicted octanol–water partition coefficient (Wildman–Crippen LogP) is 11.8. The molecule has 0 aliphatic carbocycles. The fourth-order valence-electron chi connectivity index (χ4n) is 5.97. The molecule has 0 atom stereocenters. The number of hydrogen-bond acceptors (Lipinski definition) is 5. The van der Waals surface area contributed by atoms with Gasteiger partial charge in [0.05, 0.1) is 5.76 Å². The molecular formula is C40H42IrNO3S-. The molecule has 4 nitrogen and oxygen atoms in total. The molecule has 3 heterocycles. The average Bonchev–Trinajstić information content (AvgIpc) is 3.63. The number of aromatic nitrogens is 1. The number of carbonyl (C=O) groups is 1. The molecule has 46 heavy (non-hydrogen) atoms. The number of aryl methyl sites for hydroxylation is 2. The fraction of sp³-hybridized carbons (Fsp3) is 0.300. The molecule has 0 aliphatic rings. The monoisotopic (exact) mass is 809 g/mol. The summed E-state index contributed by atoms with van der Waals surface area (Å²) in [6.45, 7) is 12.3. The molecule has 241 valence electrons. The molecule has 0 spiro atoms. The number of thiophene rings is 1. The summed E-state index contributed by atoms with van der Waals surface area (Å²) in [6, 6.07) is 26.7. The van der Waals surface area contributed by atoms with Crippen LogP contribution in [-0.2, 0) is 24.9 Å². The third-order valence-corrected chi connectivity index (χ3v) is 9.76. The van der Waals surface area contributed by atoms with Crippen LogP contribution in [0.4, 0.5) is 0 Å². The van der Waals surface area contributed by atoms with Crippen molar-refractivity contribution in [3.8, 4) is 22.6 Å². The molecule has 0 amide bonds. The van der Waals surface area contributed by atoms with Gasteiger partial charge in [0.15, 0.2) is 5.78 Å². The van der Waals surface area contributed by atoms with Gasteiger partial charge in [-0.25, -0.2) is 0 Å². The first-order chi connectivity index (χ1) is 21.8. The Labute approximate surface area is 289 Å². The number of pyridine rings is 1. The van der Waals surface area contributed by atoms with Crippen molar-refractivity contribution in [1.29, 1.82) is 0 Å². The van der Waals surface area contributed by atoms with Crippen LogP contribution < -0.4 is 0 Å². The van der Waals surface area contributed by atoms with Crippen LogP contribution in [0.5, 0.6) is 0 Å². The van der Waals surface area contributed by atoms with Gasteiger partial charge in [0.1, 0.15) is 11.3 Å². The summed E-state index contributed by atoms with van der Waals surface area (Å²) in [4.78, 5) is 16.4. The normalized spacial score (nSPS) is 11.7. The number of hydrogen-bond donors (Lipinski definition) is 1. The van der Waals surface area contributed by atoms with E-state index in [0.717, 1.165) is 64.8 Å². The molecule has 6 rings (SSSR count). The zero-order valence-electron chi connectivity index (χ0n) is 27.4. The van der Waals surface area contributed by atoms with Gasteiger partial charge in [-0.15, -0.1) is 46.2 Å². The maximum atomic E-state index is 11.7. The van der Waals surface area contributed by atoms with Crippen molar-refractivity contribution in [2.24, 2.45) is 11.8 Å². The number of ketones is 1. The quantitative estimate of drug-likeness (QED) is 0.0898. The summed E-state index contributed by atoms with van der Waals surface area (Å²) >= 11 is 1.79. The third-order valence-electron chi connectivity index (χ3n) is 8.58. The second kappa shape index (κ2) is 15.8. The van der Waals surface area contributed by atoms with E-state index in [1.54, 1.807) is 11.3 Å². The Kier molecular flexibility index (Phi) is 12.1. The molecule has 1 radical (unpaired) electrons. The van der Waals surface area contributed by atoms with Crippen molar-refractivity contribution >= 4 is 48.3 Å². The molecule has 3 aromatic heterocycles. The van der Waals surface area contributed by atoms with Crippen molar-refractivity contribution in [2.45, 2.75) is 67.2 Å². The van der Waals surface area contributed by atoms with Gasteiger partial charge in [0, 0.05) is 70.3 Å². The number of fused-ring (bicyclic) bond motifs is 4. The van der Waals surface area contributed by atoms with Gasteiger partial charge in [-0.3, -0.25) is 4.79 Å². The number of benzene rings is 3. The summed E-state index contributed by atoms with van der Waals surface area (Å²) < 4.78 is 8.53. The summed E-state index contributed by atoms with van der Waals surface area (Å²) in [6.07, 6.45) is 6.81. The molecule has 6 aromatic rings. The van der Waals surface area contributed by atoms with E-state index in [1.165, 1.54) is 31.8 Å². The minimum Gasteiger partial charge on any atom is -0.512 e. The number of furan rings is 1. The van der Waals surface area contributed by atoms with Gasteiger partial charge in [0.25, 0.3) is 0 Å². The van der Waals surface area contributed by atoms with E-state index >= 15 is 0 Å². The number of nitrogens with zero attached hydrogens (tertiary/aromatic N) is 1. The topological polar surface area (TPSA) is 63.3 Å². The first-order valence-corrected chi connectivity index (χ1v) is 16.8. The van der Waals surface area contributed by atoms with Crippen molar-refractivity contribution < 1.29 is 34.4 Å². The van der Waals surface area contributed by atoms with Gasteiger partial charge < -0.3 is 14.5 Å². The van der Waals surface area contributed by atoms with Crippen molar-refractivity contribution in [2.75, 3.05) is 0 Å². The van der Waals surface area contributed by atoms with Crippen LogP contribution in [0.25, 0.3) is 53.7 Å². The number of aliphatic hydroxyl groups is 1. The van der Waals surface area contributed by atoms with E-state index in [9.17, 15) is 9.90 Å². The largest absolute Gasteiger partial charge is 0.512 e. The number of rotatable bonds is 9. The second-order valence-electron chi connectivity index (χ2n) is 11.8.